The molecule has 2 aromatic rings. The summed E-state index contributed by atoms with van der Waals surface area (Å²) in [5.74, 6) is -0.792. The van der Waals surface area contributed by atoms with E-state index in [-0.39, 0.29) is 17.0 Å². The summed E-state index contributed by atoms with van der Waals surface area (Å²) in [6.07, 6.45) is 0. The lowest BCUT2D eigenvalue weighted by molar-refractivity contribution is -0.384. The molecule has 0 spiro atoms. The van der Waals surface area contributed by atoms with Crippen molar-refractivity contribution in [3.8, 4) is 5.75 Å². The number of nitrogens with zero attached hydrogens (tertiary/aromatic N) is 1. The van der Waals surface area contributed by atoms with Crippen LogP contribution in [0.5, 0.6) is 5.75 Å². The largest absolute Gasteiger partial charge is 0.507 e. The fraction of sp³-hybridized carbons (Fsp3) is 0. The van der Waals surface area contributed by atoms with Crippen molar-refractivity contribution in [2.75, 3.05) is 5.32 Å². The van der Waals surface area contributed by atoms with Gasteiger partial charge in [-0.25, -0.2) is 0 Å². The molecule has 2 N–H and O–H groups in total. The minimum Gasteiger partial charge on any atom is -0.507 e. The van der Waals surface area contributed by atoms with Crippen LogP contribution >= 0.6 is 27.5 Å². The van der Waals surface area contributed by atoms with E-state index in [1.54, 1.807) is 0 Å². The lowest BCUT2D eigenvalue weighted by Crippen LogP contribution is -2.12. The van der Waals surface area contributed by atoms with Crippen molar-refractivity contribution in [1.82, 2.24) is 0 Å². The van der Waals surface area contributed by atoms with Crippen LogP contribution in [0.25, 0.3) is 0 Å². The Morgan fingerprint density at radius 3 is 2.62 bits per heavy atom. The van der Waals surface area contributed by atoms with Crippen molar-refractivity contribution in [2.24, 2.45) is 0 Å². The zero-order valence-electron chi connectivity index (χ0n) is 10.3. The molecule has 2 rings (SSSR count). The van der Waals surface area contributed by atoms with Gasteiger partial charge >= 0.3 is 0 Å². The molecule has 8 heteroatoms. The van der Waals surface area contributed by atoms with Gasteiger partial charge in [0.2, 0.25) is 0 Å². The molecule has 0 fully saturated rings. The number of amides is 1. The third kappa shape index (κ3) is 3.50. The van der Waals surface area contributed by atoms with Gasteiger partial charge in [0.05, 0.1) is 16.2 Å². The van der Waals surface area contributed by atoms with Crippen molar-refractivity contribution < 1.29 is 14.8 Å². The van der Waals surface area contributed by atoms with E-state index in [1.807, 2.05) is 0 Å². The fourth-order valence-electron chi connectivity index (χ4n) is 1.60. The van der Waals surface area contributed by atoms with Crippen molar-refractivity contribution >= 4 is 44.8 Å². The number of halogens is 2. The van der Waals surface area contributed by atoms with Crippen LogP contribution in [0.3, 0.4) is 0 Å². The maximum absolute atomic E-state index is 12.1. The van der Waals surface area contributed by atoms with Gasteiger partial charge in [-0.15, -0.1) is 0 Å². The number of carbonyl (C=O) groups is 1. The van der Waals surface area contributed by atoms with Crippen molar-refractivity contribution in [1.29, 1.82) is 0 Å². The highest BCUT2D eigenvalue weighted by Gasteiger charge is 2.15. The minimum atomic E-state index is -0.579. The van der Waals surface area contributed by atoms with Gasteiger partial charge in [0, 0.05) is 21.6 Å². The molecule has 0 aliphatic carbocycles. The molecule has 0 atom stereocenters. The van der Waals surface area contributed by atoms with Gasteiger partial charge in [0.15, 0.2) is 0 Å². The molecule has 0 bridgehead atoms. The molecule has 0 unspecified atom stereocenters. The molecule has 0 radical (unpaired) electrons. The molecule has 0 heterocycles. The predicted molar refractivity (Wildman–Crippen MR) is 81.9 cm³/mol. The zero-order valence-corrected chi connectivity index (χ0v) is 12.7. The van der Waals surface area contributed by atoms with Crippen LogP contribution in [-0.2, 0) is 0 Å². The van der Waals surface area contributed by atoms with E-state index in [2.05, 4.69) is 21.2 Å². The smallest absolute Gasteiger partial charge is 0.270 e. The number of nitro groups is 1. The van der Waals surface area contributed by atoms with Crippen LogP contribution in [0, 0.1) is 10.1 Å². The highest BCUT2D eigenvalue weighted by Crippen LogP contribution is 2.29. The van der Waals surface area contributed by atoms with Gasteiger partial charge in [0.25, 0.3) is 11.6 Å². The second-order valence-corrected chi connectivity index (χ2v) is 5.33. The van der Waals surface area contributed by atoms with Gasteiger partial charge in [-0.1, -0.05) is 11.6 Å². The number of hydrogen-bond acceptors (Lipinski definition) is 4. The topological polar surface area (TPSA) is 92.5 Å². The standard InChI is InChI=1S/C13H8BrClN2O4/c14-10-6-8(17(20)21)2-3-11(10)16-13(19)9-5-7(15)1-4-12(9)18/h1-6,18H,(H,16,19). The Bertz CT molecular complexity index is 736. The molecule has 0 saturated heterocycles. The Balaban J connectivity index is 2.27. The number of nitro benzene ring substituents is 1. The second-order valence-electron chi connectivity index (χ2n) is 4.04. The van der Waals surface area contributed by atoms with Crippen LogP contribution < -0.4 is 5.32 Å². The maximum Gasteiger partial charge on any atom is 0.270 e. The van der Waals surface area contributed by atoms with Crippen LogP contribution in [0.2, 0.25) is 5.02 Å². The number of non-ortho nitro benzene ring substituents is 1. The molecule has 6 nitrogen and oxygen atoms in total. The summed E-state index contributed by atoms with van der Waals surface area (Å²) in [4.78, 5) is 22.2. The summed E-state index contributed by atoms with van der Waals surface area (Å²) in [5, 5.41) is 23.1. The third-order valence-electron chi connectivity index (χ3n) is 2.61. The highest BCUT2D eigenvalue weighted by molar-refractivity contribution is 9.10. The number of nitrogens with one attached hydrogen (secondary N) is 1. The SMILES string of the molecule is O=C(Nc1ccc([N+](=O)[O-])cc1Br)c1cc(Cl)ccc1O. The lowest BCUT2D eigenvalue weighted by atomic mass is 10.2. The first kappa shape index (κ1) is 15.3. The average Bonchev–Trinajstić information content (AvgIpc) is 2.43. The summed E-state index contributed by atoms with van der Waals surface area (Å²) in [7, 11) is 0. The zero-order chi connectivity index (χ0) is 15.6. The Morgan fingerprint density at radius 2 is 2.00 bits per heavy atom. The maximum atomic E-state index is 12.1. The Hall–Kier alpha value is -2.12. The summed E-state index contributed by atoms with van der Waals surface area (Å²) in [6, 6.07) is 8.01. The van der Waals surface area contributed by atoms with E-state index in [4.69, 9.17) is 11.6 Å². The van der Waals surface area contributed by atoms with E-state index in [1.165, 1.54) is 36.4 Å². The monoisotopic (exact) mass is 370 g/mol. The summed E-state index contributed by atoms with van der Waals surface area (Å²) in [6.45, 7) is 0. The quantitative estimate of drug-likeness (QED) is 0.631. The first-order chi connectivity index (χ1) is 9.88. The number of benzene rings is 2. The molecule has 0 saturated carbocycles. The van der Waals surface area contributed by atoms with E-state index in [9.17, 15) is 20.0 Å². The predicted octanol–water partition coefficient (Wildman–Crippen LogP) is 3.97. The summed E-state index contributed by atoms with van der Waals surface area (Å²) < 4.78 is 0.353. The number of phenolic OH excluding ortho intramolecular Hbond substituents is 1. The number of rotatable bonds is 3. The first-order valence-corrected chi connectivity index (χ1v) is 6.79. The number of aromatic hydroxyl groups is 1. The molecule has 2 aromatic carbocycles. The van der Waals surface area contributed by atoms with Gasteiger partial charge in [-0.3, -0.25) is 14.9 Å². The van der Waals surface area contributed by atoms with Crippen LogP contribution in [0.15, 0.2) is 40.9 Å². The summed E-state index contributed by atoms with van der Waals surface area (Å²) >= 11 is 8.92. The Labute approximate surface area is 132 Å². The fourth-order valence-corrected chi connectivity index (χ4v) is 2.24. The van der Waals surface area contributed by atoms with E-state index in [0.29, 0.717) is 15.2 Å². The molecule has 1 amide bonds. The van der Waals surface area contributed by atoms with Crippen LogP contribution in [-0.4, -0.2) is 15.9 Å². The number of carbonyl (C=O) groups excluding carboxylic acids is 1. The first-order valence-electron chi connectivity index (χ1n) is 5.62. The van der Waals surface area contributed by atoms with E-state index >= 15 is 0 Å². The molecule has 21 heavy (non-hydrogen) atoms. The normalized spacial score (nSPS) is 10.2. The second kappa shape index (κ2) is 6.11. The van der Waals surface area contributed by atoms with E-state index in [0.717, 1.165) is 0 Å². The molecule has 0 aliphatic heterocycles. The third-order valence-corrected chi connectivity index (χ3v) is 3.51. The van der Waals surface area contributed by atoms with Crippen LogP contribution in [0.1, 0.15) is 10.4 Å². The van der Waals surface area contributed by atoms with Gasteiger partial charge in [0.1, 0.15) is 5.75 Å². The average molecular weight is 372 g/mol. The number of phenols is 1. The lowest BCUT2D eigenvalue weighted by Gasteiger charge is -2.08. The minimum absolute atomic E-state index is 0.00718. The Morgan fingerprint density at radius 1 is 1.29 bits per heavy atom. The molecule has 0 aromatic heterocycles. The van der Waals surface area contributed by atoms with E-state index < -0.39 is 10.8 Å². The van der Waals surface area contributed by atoms with Crippen molar-refractivity contribution in [2.45, 2.75) is 0 Å². The molecular formula is C13H8BrClN2O4. The summed E-state index contributed by atoms with van der Waals surface area (Å²) in [5.41, 5.74) is 0.239. The van der Waals surface area contributed by atoms with Crippen molar-refractivity contribution in [3.63, 3.8) is 0 Å². The number of hydrogen-bond donors (Lipinski definition) is 2. The molecule has 0 aliphatic rings. The van der Waals surface area contributed by atoms with Crippen LogP contribution in [0.4, 0.5) is 11.4 Å². The van der Waals surface area contributed by atoms with Gasteiger partial charge in [-0.05, 0) is 40.2 Å². The van der Waals surface area contributed by atoms with Crippen molar-refractivity contribution in [3.05, 3.63) is 61.6 Å². The molecular weight excluding hydrogens is 364 g/mol. The highest BCUT2D eigenvalue weighted by atomic mass is 79.9. The number of anilines is 1. The van der Waals surface area contributed by atoms with Gasteiger partial charge in [-0.2, -0.15) is 0 Å². The molecule has 108 valence electrons. The van der Waals surface area contributed by atoms with Gasteiger partial charge < -0.3 is 10.4 Å². The Kier molecular flexibility index (Phi) is 4.44.